The molecule has 0 aliphatic heterocycles. The number of hydrogen-bond donors (Lipinski definition) is 0. The highest BCUT2D eigenvalue weighted by molar-refractivity contribution is 7.90. The Bertz CT molecular complexity index is 1070. The number of halogens is 2. The number of nitrogens with zero attached hydrogens (tertiary/aromatic N) is 2. The standard InChI is InChI=1S/C17H10F2N2O3S/c1-25(22)17-21-20-16(24-17)9-2-5-15-12(6-9)13(8-23-15)11-7-10(18)3-4-14(11)19/h2-8H,1H3. The highest BCUT2D eigenvalue weighted by atomic mass is 32.2. The molecule has 0 fully saturated rings. The minimum atomic E-state index is -1.39. The maximum atomic E-state index is 14.1. The smallest absolute Gasteiger partial charge is 0.435 e. The molecule has 0 radical (unpaired) electrons. The summed E-state index contributed by atoms with van der Waals surface area (Å²) in [6, 6.07) is 8.25. The topological polar surface area (TPSA) is 75.1 Å². The highest BCUT2D eigenvalue weighted by Gasteiger charge is 2.18. The van der Waals surface area contributed by atoms with Gasteiger partial charge in [-0.2, -0.15) is 0 Å². The molecule has 0 saturated carbocycles. The van der Waals surface area contributed by atoms with Crippen molar-refractivity contribution < 1.29 is 22.2 Å². The Morgan fingerprint density at radius 1 is 1.04 bits per heavy atom. The zero-order valence-electron chi connectivity index (χ0n) is 12.8. The predicted molar refractivity (Wildman–Crippen MR) is 87.2 cm³/mol. The van der Waals surface area contributed by atoms with Crippen LogP contribution in [0.25, 0.3) is 33.6 Å². The van der Waals surface area contributed by atoms with E-state index in [2.05, 4.69) is 10.2 Å². The van der Waals surface area contributed by atoms with Crippen LogP contribution in [0.4, 0.5) is 8.78 Å². The average molecular weight is 360 g/mol. The molecule has 1 unspecified atom stereocenters. The van der Waals surface area contributed by atoms with Crippen LogP contribution in [0, 0.1) is 11.6 Å². The van der Waals surface area contributed by atoms with Crippen LogP contribution in [0.3, 0.4) is 0 Å². The fourth-order valence-corrected chi connectivity index (χ4v) is 2.87. The Hall–Kier alpha value is -2.71. The van der Waals surface area contributed by atoms with E-state index in [4.69, 9.17) is 8.83 Å². The molecule has 0 saturated heterocycles. The van der Waals surface area contributed by atoms with Gasteiger partial charge in [0.05, 0.1) is 6.26 Å². The van der Waals surface area contributed by atoms with Gasteiger partial charge in [-0.1, -0.05) is 5.10 Å². The molecule has 2 aromatic carbocycles. The second kappa shape index (κ2) is 5.98. The molecule has 0 N–H and O–H groups in total. The number of rotatable bonds is 3. The first-order valence-electron chi connectivity index (χ1n) is 7.17. The molecule has 126 valence electrons. The first kappa shape index (κ1) is 15.8. The van der Waals surface area contributed by atoms with Crippen molar-refractivity contribution in [3.8, 4) is 22.6 Å². The summed E-state index contributed by atoms with van der Waals surface area (Å²) in [6.45, 7) is 0. The molecule has 4 rings (SSSR count). The van der Waals surface area contributed by atoms with E-state index in [1.54, 1.807) is 18.2 Å². The molecule has 5 nitrogen and oxygen atoms in total. The van der Waals surface area contributed by atoms with Crippen molar-refractivity contribution in [1.29, 1.82) is 0 Å². The van der Waals surface area contributed by atoms with Crippen LogP contribution in [-0.2, 0) is 11.2 Å². The molecular formula is C17H10F2N2O3S. The fraction of sp³-hybridized carbons (Fsp3) is 0.0588. The van der Waals surface area contributed by atoms with E-state index in [-0.39, 0.29) is 16.7 Å². The summed E-state index contributed by atoms with van der Waals surface area (Å²) >= 11 is -1.39. The molecule has 8 heteroatoms. The van der Waals surface area contributed by atoms with Gasteiger partial charge in [0, 0.05) is 33.3 Å². The van der Waals surface area contributed by atoms with Crippen molar-refractivity contribution in [2.24, 2.45) is 0 Å². The Morgan fingerprint density at radius 3 is 2.64 bits per heavy atom. The molecular weight excluding hydrogens is 350 g/mol. The number of aromatic nitrogens is 2. The molecule has 0 aliphatic carbocycles. The summed E-state index contributed by atoms with van der Waals surface area (Å²) in [4.78, 5) is 0. The first-order valence-corrected chi connectivity index (χ1v) is 8.73. The third kappa shape index (κ3) is 2.79. The van der Waals surface area contributed by atoms with Crippen molar-refractivity contribution in [2.45, 2.75) is 5.22 Å². The van der Waals surface area contributed by atoms with Crippen molar-refractivity contribution in [2.75, 3.05) is 6.26 Å². The van der Waals surface area contributed by atoms with Crippen LogP contribution in [0.1, 0.15) is 0 Å². The van der Waals surface area contributed by atoms with Gasteiger partial charge in [0.25, 0.3) is 5.89 Å². The van der Waals surface area contributed by atoms with E-state index in [1.165, 1.54) is 12.5 Å². The van der Waals surface area contributed by atoms with Gasteiger partial charge < -0.3 is 13.4 Å². The van der Waals surface area contributed by atoms with Gasteiger partial charge in [0.2, 0.25) is 0 Å². The lowest BCUT2D eigenvalue weighted by atomic mass is 10.0. The quantitative estimate of drug-likeness (QED) is 0.513. The highest BCUT2D eigenvalue weighted by Crippen LogP contribution is 2.35. The van der Waals surface area contributed by atoms with E-state index in [9.17, 15) is 13.3 Å². The van der Waals surface area contributed by atoms with Gasteiger partial charge in [-0.25, -0.2) is 8.78 Å². The molecule has 25 heavy (non-hydrogen) atoms. The van der Waals surface area contributed by atoms with Crippen molar-refractivity contribution in [1.82, 2.24) is 10.2 Å². The van der Waals surface area contributed by atoms with Gasteiger partial charge >= 0.3 is 5.22 Å². The summed E-state index contributed by atoms with van der Waals surface area (Å²) in [7, 11) is 0. The lowest BCUT2D eigenvalue weighted by molar-refractivity contribution is 0.442. The van der Waals surface area contributed by atoms with Gasteiger partial charge in [-0.3, -0.25) is 0 Å². The monoisotopic (exact) mass is 360 g/mol. The third-order valence-corrected chi connectivity index (χ3v) is 4.35. The van der Waals surface area contributed by atoms with Crippen LogP contribution >= 0.6 is 0 Å². The van der Waals surface area contributed by atoms with Crippen LogP contribution in [-0.4, -0.2) is 21.0 Å². The van der Waals surface area contributed by atoms with Crippen LogP contribution in [0.5, 0.6) is 0 Å². The Balaban J connectivity index is 1.86. The van der Waals surface area contributed by atoms with E-state index >= 15 is 0 Å². The van der Waals surface area contributed by atoms with Crippen LogP contribution < -0.4 is 0 Å². The second-order valence-corrected chi connectivity index (χ2v) is 6.57. The molecule has 0 aliphatic rings. The van der Waals surface area contributed by atoms with E-state index in [0.717, 1.165) is 18.2 Å². The second-order valence-electron chi connectivity index (χ2n) is 5.31. The molecule has 0 bridgehead atoms. The zero-order chi connectivity index (χ0) is 17.6. The number of fused-ring (bicyclic) bond motifs is 1. The number of benzene rings is 2. The Kier molecular flexibility index (Phi) is 3.78. The van der Waals surface area contributed by atoms with E-state index < -0.39 is 22.8 Å². The Morgan fingerprint density at radius 2 is 1.88 bits per heavy atom. The molecule has 1 atom stereocenters. The van der Waals surface area contributed by atoms with Crippen LogP contribution in [0.2, 0.25) is 0 Å². The lowest BCUT2D eigenvalue weighted by Gasteiger charge is -2.02. The maximum Gasteiger partial charge on any atom is 0.435 e. The predicted octanol–water partition coefficient (Wildman–Crippen LogP) is 4.17. The number of furan rings is 1. The fourth-order valence-electron chi connectivity index (χ4n) is 2.52. The normalized spacial score (nSPS) is 12.6. The summed E-state index contributed by atoms with van der Waals surface area (Å²) in [6.07, 6.45) is 2.80. The van der Waals surface area contributed by atoms with E-state index in [1.807, 2.05) is 0 Å². The van der Waals surface area contributed by atoms with Crippen molar-refractivity contribution in [3.05, 3.63) is 54.3 Å². The lowest BCUT2D eigenvalue weighted by Crippen LogP contribution is -1.96. The summed E-state index contributed by atoms with van der Waals surface area (Å²) in [5.41, 5.74) is 1.56. The minimum Gasteiger partial charge on any atom is -0.608 e. The third-order valence-electron chi connectivity index (χ3n) is 3.69. The summed E-state index contributed by atoms with van der Waals surface area (Å²) in [5, 5.41) is 8.16. The molecule has 0 spiro atoms. The molecule has 4 aromatic rings. The van der Waals surface area contributed by atoms with E-state index in [0.29, 0.717) is 22.1 Å². The minimum absolute atomic E-state index is 0.0127. The maximum absolute atomic E-state index is 14.1. The van der Waals surface area contributed by atoms with Gasteiger partial charge in [-0.05, 0) is 36.4 Å². The van der Waals surface area contributed by atoms with Gasteiger partial charge in [0.15, 0.2) is 0 Å². The average Bonchev–Trinajstić information content (AvgIpc) is 3.23. The first-order chi connectivity index (χ1) is 12.0. The largest absolute Gasteiger partial charge is 0.608 e. The van der Waals surface area contributed by atoms with Crippen LogP contribution in [0.15, 0.2) is 56.7 Å². The van der Waals surface area contributed by atoms with Gasteiger partial charge in [-0.15, -0.1) is 5.10 Å². The summed E-state index contributed by atoms with van der Waals surface area (Å²) in [5.74, 6) is -0.927. The number of hydrogen-bond acceptors (Lipinski definition) is 5. The molecule has 2 heterocycles. The van der Waals surface area contributed by atoms with Crippen molar-refractivity contribution in [3.63, 3.8) is 0 Å². The van der Waals surface area contributed by atoms with Crippen molar-refractivity contribution >= 4 is 22.1 Å². The summed E-state index contributed by atoms with van der Waals surface area (Å²) < 4.78 is 49.8. The molecule has 2 aromatic heterocycles. The molecule has 0 amide bonds. The van der Waals surface area contributed by atoms with Gasteiger partial charge in [0.1, 0.15) is 23.5 Å². The SMILES string of the molecule is C[S+]([O-])c1nnc(-c2ccc3occ(-c4cc(F)ccc4F)c3c2)o1. The Labute approximate surface area is 143 Å². The zero-order valence-corrected chi connectivity index (χ0v) is 13.6.